The Morgan fingerprint density at radius 2 is 0.742 bits per heavy atom. The van der Waals surface area contributed by atoms with E-state index in [0.717, 1.165) is 0 Å². The van der Waals surface area contributed by atoms with E-state index in [9.17, 15) is 85.4 Å². The molecule has 0 saturated carbocycles. The lowest BCUT2D eigenvalue weighted by atomic mass is 9.96. The van der Waals surface area contributed by atoms with E-state index in [1.807, 2.05) is 0 Å². The number of ether oxygens (including phenoxy) is 11. The maximum Gasteiger partial charge on any atom is 0.397 e. The van der Waals surface area contributed by atoms with Gasteiger partial charge in [-0.1, -0.05) is 0 Å². The molecule has 33 nitrogen and oxygen atoms in total. The van der Waals surface area contributed by atoms with Crippen molar-refractivity contribution in [2.24, 2.45) is 0 Å². The minimum absolute atomic E-state index is 0.385. The maximum atomic E-state index is 12.0. The van der Waals surface area contributed by atoms with Gasteiger partial charge in [0.25, 0.3) is 0 Å². The smallest absolute Gasteiger partial charge is 0.394 e. The summed E-state index contributed by atoms with van der Waals surface area (Å²) in [4.78, 5) is 0. The molecular formula is C30H48O33S3. The minimum atomic E-state index is -5.45. The zero-order valence-corrected chi connectivity index (χ0v) is 35.6. The monoisotopic (exact) mass is 1030 g/mol. The molecule has 36 heteroatoms. The lowest BCUT2D eigenvalue weighted by Gasteiger charge is -2.48. The Bertz CT molecular complexity index is 1980. The van der Waals surface area contributed by atoms with Crippen LogP contribution in [0.15, 0.2) is 0 Å². The third-order valence-corrected chi connectivity index (χ3v) is 12.8. The van der Waals surface area contributed by atoms with Crippen molar-refractivity contribution in [1.29, 1.82) is 0 Å². The summed E-state index contributed by atoms with van der Waals surface area (Å²) < 4.78 is 173. The molecule has 0 aliphatic carbocycles. The molecule has 13 N–H and O–H groups in total. The lowest BCUT2D eigenvalue weighted by molar-refractivity contribution is -0.375. The van der Waals surface area contributed by atoms with Crippen molar-refractivity contribution in [2.75, 3.05) is 33.0 Å². The summed E-state index contributed by atoms with van der Waals surface area (Å²) in [6.45, 7) is -3.97. The van der Waals surface area contributed by atoms with Crippen LogP contribution in [0.25, 0.3) is 0 Å². The molecule has 384 valence electrons. The Morgan fingerprint density at radius 1 is 0.394 bits per heavy atom. The van der Waals surface area contributed by atoms with Crippen molar-refractivity contribution in [3.8, 4) is 0 Å². The average Bonchev–Trinajstić information content (AvgIpc) is 3.71. The fourth-order valence-corrected chi connectivity index (χ4v) is 10.0. The summed E-state index contributed by atoms with van der Waals surface area (Å²) in [5, 5.41) is 106. The second kappa shape index (κ2) is 20.5. The number of rotatable bonds is 17. The van der Waals surface area contributed by atoms with E-state index in [4.69, 9.17) is 60.8 Å². The molecule has 0 aromatic carbocycles. The van der Waals surface area contributed by atoms with Crippen molar-refractivity contribution in [3.63, 3.8) is 0 Å². The molecule has 4 bridgehead atoms. The number of aliphatic hydroxyl groups excluding tert-OH is 10. The van der Waals surface area contributed by atoms with Gasteiger partial charge in [-0.25, -0.2) is 12.5 Å². The molecule has 7 saturated heterocycles. The molecule has 7 rings (SSSR count). The molecule has 0 radical (unpaired) electrons. The highest BCUT2D eigenvalue weighted by atomic mass is 32.3. The van der Waals surface area contributed by atoms with Gasteiger partial charge in [-0.15, -0.1) is 0 Å². The van der Waals surface area contributed by atoms with Crippen LogP contribution in [0.5, 0.6) is 0 Å². The molecule has 7 aliphatic heterocycles. The third kappa shape index (κ3) is 11.3. The average molecular weight is 1030 g/mol. The Labute approximate surface area is 371 Å². The fourth-order valence-electron chi connectivity index (χ4n) is 8.48. The number of hydrogen-bond acceptors (Lipinski definition) is 30. The van der Waals surface area contributed by atoms with Gasteiger partial charge in [-0.2, -0.15) is 25.3 Å². The summed E-state index contributed by atoms with van der Waals surface area (Å²) in [5.41, 5.74) is 0. The fraction of sp³-hybridized carbons (Fsp3) is 1.00. The van der Waals surface area contributed by atoms with Crippen molar-refractivity contribution in [2.45, 2.75) is 154 Å². The summed E-state index contributed by atoms with van der Waals surface area (Å²) in [7, 11) is -16.0. The standard InChI is InChI=1S/C30H48O33S3/c31-1-6-17(61-64(41,42)43)11(34)12(35)27(53-6)57-18-9-4-50-22(18)15(38)29(56-9)60-25-16(39)30(54-8(3-33)21(25)63-66(47,48)49)58-19-10-5-51-23(19)14(37)28(55-10)59-24-13(36)26(40)52-7(2-32)20(24)62-65(44,45)46/h6-40H,1-5H2,(H,41,42,43)(H,44,45,46)(H,47,48,49)/t6-,7-,8-,9-,10-,11-,12-,13-,14-,15-,16-,17+,18+,19+,20+,21+,22-,23-,24-,25-,26-,27+,28-,29-,30+/m1/s1. The van der Waals surface area contributed by atoms with Gasteiger partial charge in [-0.3, -0.25) is 13.7 Å². The van der Waals surface area contributed by atoms with Crippen LogP contribution in [-0.2, 0) is 95.9 Å². The predicted octanol–water partition coefficient (Wildman–Crippen LogP) is -10.4. The van der Waals surface area contributed by atoms with Gasteiger partial charge >= 0.3 is 31.2 Å². The Hall–Kier alpha value is -1.23. The van der Waals surface area contributed by atoms with Gasteiger partial charge < -0.3 is 103 Å². The lowest BCUT2D eigenvalue weighted by Crippen LogP contribution is -2.66. The quantitative estimate of drug-likeness (QED) is 0.0602. The molecular weight excluding hydrogens is 984 g/mol. The highest BCUT2D eigenvalue weighted by Crippen LogP contribution is 2.41. The summed E-state index contributed by atoms with van der Waals surface area (Å²) in [6, 6.07) is 0. The molecule has 0 spiro atoms. The van der Waals surface area contributed by atoms with E-state index in [1.54, 1.807) is 0 Å². The highest BCUT2D eigenvalue weighted by Gasteiger charge is 2.61. The van der Waals surface area contributed by atoms with E-state index in [-0.39, 0.29) is 6.61 Å². The van der Waals surface area contributed by atoms with E-state index < -0.39 is 211 Å². The molecule has 7 aliphatic rings. The topological polar surface area (TPSA) is 495 Å². The van der Waals surface area contributed by atoms with Crippen LogP contribution in [0.2, 0.25) is 0 Å². The van der Waals surface area contributed by atoms with Gasteiger partial charge in [0.15, 0.2) is 31.5 Å². The van der Waals surface area contributed by atoms with Crippen LogP contribution in [0.3, 0.4) is 0 Å². The molecule has 0 amide bonds. The molecule has 7 heterocycles. The van der Waals surface area contributed by atoms with Gasteiger partial charge in [0.05, 0.1) is 33.0 Å². The van der Waals surface area contributed by atoms with E-state index >= 15 is 0 Å². The predicted molar refractivity (Wildman–Crippen MR) is 191 cm³/mol. The van der Waals surface area contributed by atoms with Gasteiger partial charge in [0, 0.05) is 0 Å². The van der Waals surface area contributed by atoms with Crippen LogP contribution in [0.4, 0.5) is 0 Å². The van der Waals surface area contributed by atoms with Crippen LogP contribution < -0.4 is 0 Å². The zero-order valence-electron chi connectivity index (χ0n) is 33.2. The Morgan fingerprint density at radius 3 is 1.17 bits per heavy atom. The Kier molecular flexibility index (Phi) is 16.3. The highest BCUT2D eigenvalue weighted by molar-refractivity contribution is 7.81. The molecule has 66 heavy (non-hydrogen) atoms. The first kappa shape index (κ1) is 52.6. The summed E-state index contributed by atoms with van der Waals surface area (Å²) >= 11 is 0. The molecule has 7 fully saturated rings. The second-order valence-electron chi connectivity index (χ2n) is 15.7. The Balaban J connectivity index is 1.05. The van der Waals surface area contributed by atoms with Gasteiger partial charge in [0.1, 0.15) is 122 Å². The molecule has 0 unspecified atom stereocenters. The number of aliphatic hydroxyl groups is 10. The second-order valence-corrected chi connectivity index (χ2v) is 18.8. The summed E-state index contributed by atoms with van der Waals surface area (Å²) in [6.07, 6.45) is -46.4. The van der Waals surface area contributed by atoms with Crippen molar-refractivity contribution < 1.29 is 155 Å². The van der Waals surface area contributed by atoms with Gasteiger partial charge in [0.2, 0.25) is 0 Å². The first-order valence-corrected chi connectivity index (χ1v) is 23.6. The SMILES string of the molecule is O=S(=O)(O)O[C@@H]1[C@H](O)[C@@H](O)[C@H](O[C@@H]2[C@@H]3OC[C@H]2O[C@H](O[C@@H]2[C@@H](O)[C@H](O[C@@H]4[C@@H]5OC[C@H]4O[C@H](O[C@@H]4[C@@H](O)[C@H](O)O[C@H](CO)[C@@H]4OS(=O)(=O)O)[C@@H]5O)O[C@H](CO)[C@@H]2OS(=O)(=O)O)[C@@H]3O)O[C@@H]1CO. The van der Waals surface area contributed by atoms with Crippen LogP contribution in [0.1, 0.15) is 0 Å². The van der Waals surface area contributed by atoms with Crippen LogP contribution in [0, 0.1) is 0 Å². The zero-order chi connectivity index (χ0) is 48.4. The largest absolute Gasteiger partial charge is 0.397 e. The van der Waals surface area contributed by atoms with Crippen LogP contribution in [-0.4, -0.2) is 277 Å². The molecule has 25 atom stereocenters. The number of fused-ring (bicyclic) bond motifs is 4. The molecule has 0 aromatic rings. The third-order valence-electron chi connectivity index (χ3n) is 11.4. The van der Waals surface area contributed by atoms with Crippen molar-refractivity contribution in [1.82, 2.24) is 0 Å². The van der Waals surface area contributed by atoms with E-state index in [0.29, 0.717) is 0 Å². The van der Waals surface area contributed by atoms with Crippen LogP contribution >= 0.6 is 0 Å². The first-order chi connectivity index (χ1) is 30.8. The maximum absolute atomic E-state index is 12.0. The number of hydrogen-bond donors (Lipinski definition) is 13. The van der Waals surface area contributed by atoms with Gasteiger partial charge in [-0.05, 0) is 0 Å². The van der Waals surface area contributed by atoms with Crippen molar-refractivity contribution >= 4 is 31.2 Å². The minimum Gasteiger partial charge on any atom is -0.394 e. The first-order valence-electron chi connectivity index (χ1n) is 19.5. The molecule has 0 aromatic heterocycles. The normalized spacial score (nSPS) is 49.0. The summed E-state index contributed by atoms with van der Waals surface area (Å²) in [5.74, 6) is 0. The van der Waals surface area contributed by atoms with Crippen molar-refractivity contribution in [3.05, 3.63) is 0 Å². The van der Waals surface area contributed by atoms with E-state index in [1.165, 1.54) is 0 Å². The van der Waals surface area contributed by atoms with E-state index in [2.05, 4.69) is 8.37 Å².